The van der Waals surface area contributed by atoms with E-state index in [0.717, 1.165) is 13.0 Å². The lowest BCUT2D eigenvalue weighted by molar-refractivity contribution is -0.125. The first-order valence-corrected chi connectivity index (χ1v) is 4.23. The van der Waals surface area contributed by atoms with Crippen LogP contribution in [0.2, 0.25) is 0 Å². The minimum atomic E-state index is -0.109. The molecule has 0 bridgehead atoms. The number of hydrogen-bond donors (Lipinski definition) is 0. The lowest BCUT2D eigenvalue weighted by atomic mass is 9.93. The molecule has 64 valence electrons. The van der Waals surface area contributed by atoms with Gasteiger partial charge in [-0.1, -0.05) is 13.8 Å². The van der Waals surface area contributed by atoms with E-state index in [0.29, 0.717) is 11.8 Å². The Bertz CT molecular complexity index is 152. The van der Waals surface area contributed by atoms with Crippen molar-refractivity contribution in [3.8, 4) is 0 Å². The third-order valence-corrected chi connectivity index (χ3v) is 2.42. The first-order valence-electron chi connectivity index (χ1n) is 4.23. The van der Waals surface area contributed by atoms with Gasteiger partial charge >= 0.3 is 0 Å². The molecule has 0 N–H and O–H groups in total. The maximum atomic E-state index is 10.9. The van der Waals surface area contributed by atoms with Crippen molar-refractivity contribution in [2.75, 3.05) is 6.61 Å². The Morgan fingerprint density at radius 3 is 2.45 bits per heavy atom. The first kappa shape index (κ1) is 8.72. The Hall–Kier alpha value is -0.370. The van der Waals surface area contributed by atoms with Crippen LogP contribution in [0.1, 0.15) is 27.2 Å². The maximum Gasteiger partial charge on any atom is 0.158 e. The summed E-state index contributed by atoms with van der Waals surface area (Å²) in [6.07, 6.45) is 0.815. The van der Waals surface area contributed by atoms with Gasteiger partial charge in [-0.05, 0) is 25.2 Å². The van der Waals surface area contributed by atoms with Gasteiger partial charge in [-0.2, -0.15) is 0 Å². The van der Waals surface area contributed by atoms with Gasteiger partial charge in [-0.15, -0.1) is 0 Å². The van der Waals surface area contributed by atoms with Crippen LogP contribution >= 0.6 is 0 Å². The Morgan fingerprint density at radius 2 is 2.18 bits per heavy atom. The molecule has 1 fully saturated rings. The van der Waals surface area contributed by atoms with Gasteiger partial charge in [-0.3, -0.25) is 4.79 Å². The zero-order valence-electron chi connectivity index (χ0n) is 7.46. The normalized spacial score (nSPS) is 31.3. The minimum Gasteiger partial charge on any atom is -0.370 e. The number of rotatable bonds is 2. The lowest BCUT2D eigenvalue weighted by Gasteiger charge is -2.10. The van der Waals surface area contributed by atoms with E-state index in [1.165, 1.54) is 0 Å². The van der Waals surface area contributed by atoms with Gasteiger partial charge in [0.15, 0.2) is 5.78 Å². The summed E-state index contributed by atoms with van der Waals surface area (Å²) in [4.78, 5) is 10.9. The Morgan fingerprint density at radius 1 is 1.55 bits per heavy atom. The van der Waals surface area contributed by atoms with Crippen molar-refractivity contribution in [1.29, 1.82) is 0 Å². The van der Waals surface area contributed by atoms with Crippen molar-refractivity contribution in [2.24, 2.45) is 11.8 Å². The van der Waals surface area contributed by atoms with Gasteiger partial charge < -0.3 is 4.74 Å². The lowest BCUT2D eigenvalue weighted by Crippen LogP contribution is -2.16. The van der Waals surface area contributed by atoms with Crippen molar-refractivity contribution in [1.82, 2.24) is 0 Å². The third kappa shape index (κ3) is 2.03. The zero-order valence-corrected chi connectivity index (χ0v) is 7.46. The molecule has 0 aromatic carbocycles. The number of hydrogen-bond acceptors (Lipinski definition) is 2. The quantitative estimate of drug-likeness (QED) is 0.607. The van der Waals surface area contributed by atoms with Crippen LogP contribution in [0.25, 0.3) is 0 Å². The van der Waals surface area contributed by atoms with Crippen LogP contribution in [0.3, 0.4) is 0 Å². The first-order chi connectivity index (χ1) is 5.11. The molecule has 11 heavy (non-hydrogen) atoms. The van der Waals surface area contributed by atoms with Crippen LogP contribution in [0, 0.1) is 11.8 Å². The van der Waals surface area contributed by atoms with Crippen molar-refractivity contribution in [3.63, 3.8) is 0 Å². The van der Waals surface area contributed by atoms with Crippen molar-refractivity contribution in [3.05, 3.63) is 0 Å². The summed E-state index contributed by atoms with van der Waals surface area (Å²) < 4.78 is 5.34. The molecule has 2 atom stereocenters. The highest BCUT2D eigenvalue weighted by molar-refractivity contribution is 5.80. The number of ether oxygens (including phenoxy) is 1. The van der Waals surface area contributed by atoms with E-state index in [2.05, 4.69) is 13.8 Å². The van der Waals surface area contributed by atoms with E-state index in [4.69, 9.17) is 4.74 Å². The molecule has 0 aromatic heterocycles. The standard InChI is InChI=1S/C9H16O2/c1-6(2)8-4-9(7(3)10)11-5-8/h6,8-9H,4-5H2,1-3H3/t8-,9+/m0/s1. The molecular formula is C9H16O2. The van der Waals surface area contributed by atoms with E-state index < -0.39 is 0 Å². The second-order valence-electron chi connectivity index (χ2n) is 3.67. The zero-order chi connectivity index (χ0) is 8.43. The van der Waals surface area contributed by atoms with Gasteiger partial charge in [0.1, 0.15) is 6.10 Å². The van der Waals surface area contributed by atoms with Gasteiger partial charge in [-0.25, -0.2) is 0 Å². The highest BCUT2D eigenvalue weighted by Gasteiger charge is 2.29. The fourth-order valence-corrected chi connectivity index (χ4v) is 1.40. The Kier molecular flexibility index (Phi) is 2.66. The largest absolute Gasteiger partial charge is 0.370 e. The van der Waals surface area contributed by atoms with Crippen LogP contribution in [0.5, 0.6) is 0 Å². The molecule has 0 aromatic rings. The van der Waals surface area contributed by atoms with Crippen LogP contribution in [-0.2, 0) is 9.53 Å². The second-order valence-corrected chi connectivity index (χ2v) is 3.67. The molecular weight excluding hydrogens is 140 g/mol. The van der Waals surface area contributed by atoms with Crippen molar-refractivity contribution < 1.29 is 9.53 Å². The number of Topliss-reactive ketones (excluding diaryl/α,β-unsaturated/α-hetero) is 1. The molecule has 2 heteroatoms. The molecule has 0 saturated carbocycles. The van der Waals surface area contributed by atoms with Crippen LogP contribution in [-0.4, -0.2) is 18.5 Å². The summed E-state index contributed by atoms with van der Waals surface area (Å²) in [5, 5.41) is 0. The Labute approximate surface area is 67.9 Å². The summed E-state index contributed by atoms with van der Waals surface area (Å²) in [7, 11) is 0. The second kappa shape index (κ2) is 3.35. The summed E-state index contributed by atoms with van der Waals surface area (Å²) in [6.45, 7) is 6.72. The van der Waals surface area contributed by atoms with E-state index in [1.807, 2.05) is 0 Å². The monoisotopic (exact) mass is 156 g/mol. The predicted octanol–water partition coefficient (Wildman–Crippen LogP) is 1.64. The average molecular weight is 156 g/mol. The molecule has 0 aliphatic carbocycles. The van der Waals surface area contributed by atoms with Gasteiger partial charge in [0.05, 0.1) is 6.61 Å². The van der Waals surface area contributed by atoms with Crippen molar-refractivity contribution >= 4 is 5.78 Å². The summed E-state index contributed by atoms with van der Waals surface area (Å²) in [6, 6.07) is 0. The van der Waals surface area contributed by atoms with Crippen LogP contribution in [0.4, 0.5) is 0 Å². The molecule has 2 nitrogen and oxygen atoms in total. The van der Waals surface area contributed by atoms with Crippen LogP contribution < -0.4 is 0 Å². The van der Waals surface area contributed by atoms with E-state index in [-0.39, 0.29) is 11.9 Å². The molecule has 1 aliphatic heterocycles. The smallest absolute Gasteiger partial charge is 0.158 e. The van der Waals surface area contributed by atoms with Crippen LogP contribution in [0.15, 0.2) is 0 Å². The molecule has 0 spiro atoms. The molecule has 0 radical (unpaired) electrons. The minimum absolute atomic E-state index is 0.109. The highest BCUT2D eigenvalue weighted by atomic mass is 16.5. The van der Waals surface area contributed by atoms with E-state index >= 15 is 0 Å². The van der Waals surface area contributed by atoms with Gasteiger partial charge in [0, 0.05) is 0 Å². The molecule has 1 aliphatic rings. The van der Waals surface area contributed by atoms with Gasteiger partial charge in [0.2, 0.25) is 0 Å². The molecule has 1 saturated heterocycles. The van der Waals surface area contributed by atoms with Crippen molar-refractivity contribution in [2.45, 2.75) is 33.3 Å². The predicted molar refractivity (Wildman–Crippen MR) is 43.4 cm³/mol. The fourth-order valence-electron chi connectivity index (χ4n) is 1.40. The fraction of sp³-hybridized carbons (Fsp3) is 0.889. The van der Waals surface area contributed by atoms with Gasteiger partial charge in [0.25, 0.3) is 0 Å². The Balaban J connectivity index is 2.41. The molecule has 0 unspecified atom stereocenters. The van der Waals surface area contributed by atoms with E-state index in [9.17, 15) is 4.79 Å². The number of carbonyl (C=O) groups excluding carboxylic acids is 1. The number of carbonyl (C=O) groups is 1. The average Bonchev–Trinajstić information content (AvgIpc) is 2.33. The summed E-state index contributed by atoms with van der Waals surface area (Å²) in [5.41, 5.74) is 0. The SMILES string of the molecule is CC(=O)[C@H]1C[C@H](C(C)C)CO1. The molecule has 0 amide bonds. The molecule has 1 heterocycles. The van der Waals surface area contributed by atoms with E-state index in [1.54, 1.807) is 6.92 Å². The topological polar surface area (TPSA) is 26.3 Å². The third-order valence-electron chi connectivity index (χ3n) is 2.42. The summed E-state index contributed by atoms with van der Waals surface area (Å²) >= 11 is 0. The summed E-state index contributed by atoms with van der Waals surface area (Å²) in [5.74, 6) is 1.40. The molecule has 1 rings (SSSR count). The number of ketones is 1. The maximum absolute atomic E-state index is 10.9. The highest BCUT2D eigenvalue weighted by Crippen LogP contribution is 2.26.